The minimum atomic E-state index is -0.371. The number of carbonyl (C=O) groups is 1. The number of hydrogen-bond acceptors (Lipinski definition) is 4. The normalized spacial score (nSPS) is 12.5. The zero-order chi connectivity index (χ0) is 11.5. The Bertz CT molecular complexity index is 168. The molecule has 1 unspecified atom stereocenters. The highest BCUT2D eigenvalue weighted by atomic mass is 32.2. The van der Waals surface area contributed by atoms with E-state index in [1.807, 2.05) is 13.2 Å². The van der Waals surface area contributed by atoms with Gasteiger partial charge in [-0.1, -0.05) is 0 Å². The largest absolute Gasteiger partial charge is 0.382 e. The maximum Gasteiger partial charge on any atom is 0.236 e. The zero-order valence-electron chi connectivity index (χ0n) is 9.62. The fourth-order valence-electron chi connectivity index (χ4n) is 1.04. The maximum atomic E-state index is 11.4. The molecule has 0 heterocycles. The molecule has 0 aromatic heterocycles. The van der Waals surface area contributed by atoms with E-state index >= 15 is 0 Å². The standard InChI is InChI=1S/C10H22N2O2S/c1-3-14-7-4-6-12-10(13)9(11)5-8-15-2/h9H,3-8,11H2,1-2H3,(H,12,13). The van der Waals surface area contributed by atoms with Gasteiger partial charge in [-0.15, -0.1) is 0 Å². The maximum absolute atomic E-state index is 11.4. The molecule has 0 aliphatic rings. The first-order valence-electron chi connectivity index (χ1n) is 5.32. The number of amides is 1. The van der Waals surface area contributed by atoms with Gasteiger partial charge in [-0.25, -0.2) is 0 Å². The number of carbonyl (C=O) groups excluding carboxylic acids is 1. The average Bonchev–Trinajstić information content (AvgIpc) is 2.25. The smallest absolute Gasteiger partial charge is 0.236 e. The van der Waals surface area contributed by atoms with Crippen molar-refractivity contribution in [2.45, 2.75) is 25.8 Å². The van der Waals surface area contributed by atoms with Crippen LogP contribution in [-0.4, -0.2) is 43.7 Å². The van der Waals surface area contributed by atoms with E-state index in [-0.39, 0.29) is 11.9 Å². The lowest BCUT2D eigenvalue weighted by Crippen LogP contribution is -2.41. The molecule has 3 N–H and O–H groups in total. The quantitative estimate of drug-likeness (QED) is 0.574. The van der Waals surface area contributed by atoms with Gasteiger partial charge in [-0.3, -0.25) is 4.79 Å². The molecule has 4 nitrogen and oxygen atoms in total. The first-order chi connectivity index (χ1) is 7.22. The van der Waals surface area contributed by atoms with Crippen LogP contribution in [-0.2, 0) is 9.53 Å². The summed E-state index contributed by atoms with van der Waals surface area (Å²) in [6.07, 6.45) is 3.58. The third-order valence-electron chi connectivity index (χ3n) is 1.94. The molecule has 0 rings (SSSR count). The summed E-state index contributed by atoms with van der Waals surface area (Å²) in [6, 6.07) is -0.371. The molecule has 0 saturated carbocycles. The Balaban J connectivity index is 3.38. The molecule has 0 aromatic carbocycles. The highest BCUT2D eigenvalue weighted by Gasteiger charge is 2.11. The molecule has 0 spiro atoms. The van der Waals surface area contributed by atoms with Gasteiger partial charge in [0, 0.05) is 19.8 Å². The van der Waals surface area contributed by atoms with Crippen LogP contribution in [0, 0.1) is 0 Å². The number of hydrogen-bond donors (Lipinski definition) is 2. The Hall–Kier alpha value is -0.260. The van der Waals surface area contributed by atoms with Crippen molar-refractivity contribution in [3.8, 4) is 0 Å². The molecule has 0 bridgehead atoms. The first kappa shape index (κ1) is 14.7. The number of nitrogens with two attached hydrogens (primary N) is 1. The minimum Gasteiger partial charge on any atom is -0.382 e. The predicted molar refractivity (Wildman–Crippen MR) is 65.1 cm³/mol. The van der Waals surface area contributed by atoms with Crippen molar-refractivity contribution in [2.24, 2.45) is 5.73 Å². The molecule has 0 aliphatic heterocycles. The summed E-state index contributed by atoms with van der Waals surface area (Å²) in [6.45, 7) is 4.01. The minimum absolute atomic E-state index is 0.0550. The number of ether oxygens (including phenoxy) is 1. The van der Waals surface area contributed by atoms with Crippen molar-refractivity contribution in [3.63, 3.8) is 0 Å². The van der Waals surface area contributed by atoms with Gasteiger partial charge in [0.15, 0.2) is 0 Å². The van der Waals surface area contributed by atoms with E-state index < -0.39 is 0 Å². The molecular weight excluding hydrogens is 212 g/mol. The Morgan fingerprint density at radius 2 is 2.33 bits per heavy atom. The van der Waals surface area contributed by atoms with E-state index in [0.29, 0.717) is 13.2 Å². The van der Waals surface area contributed by atoms with Crippen LogP contribution in [0.1, 0.15) is 19.8 Å². The monoisotopic (exact) mass is 234 g/mol. The summed E-state index contributed by atoms with van der Waals surface area (Å²) in [7, 11) is 0. The summed E-state index contributed by atoms with van der Waals surface area (Å²) in [5, 5.41) is 2.80. The molecule has 0 saturated heterocycles. The molecular formula is C10H22N2O2S. The summed E-state index contributed by atoms with van der Waals surface area (Å²) >= 11 is 1.70. The fraction of sp³-hybridized carbons (Fsp3) is 0.900. The van der Waals surface area contributed by atoms with Crippen molar-refractivity contribution in [1.82, 2.24) is 5.32 Å². The number of rotatable bonds is 9. The first-order valence-corrected chi connectivity index (χ1v) is 6.71. The highest BCUT2D eigenvalue weighted by Crippen LogP contribution is 1.98. The van der Waals surface area contributed by atoms with Crippen LogP contribution in [0.15, 0.2) is 0 Å². The third-order valence-corrected chi connectivity index (χ3v) is 2.58. The van der Waals surface area contributed by atoms with Crippen LogP contribution in [0.5, 0.6) is 0 Å². The van der Waals surface area contributed by atoms with E-state index in [2.05, 4.69) is 5.32 Å². The molecule has 1 amide bonds. The van der Waals surface area contributed by atoms with Crippen LogP contribution >= 0.6 is 11.8 Å². The van der Waals surface area contributed by atoms with Gasteiger partial charge < -0.3 is 15.8 Å². The number of nitrogens with one attached hydrogen (secondary N) is 1. The Labute approximate surface area is 96.3 Å². The van der Waals surface area contributed by atoms with E-state index in [1.54, 1.807) is 11.8 Å². The molecule has 0 aromatic rings. The van der Waals surface area contributed by atoms with Gasteiger partial charge in [0.25, 0.3) is 0 Å². The highest BCUT2D eigenvalue weighted by molar-refractivity contribution is 7.98. The van der Waals surface area contributed by atoms with Crippen LogP contribution in [0.25, 0.3) is 0 Å². The van der Waals surface area contributed by atoms with Crippen LogP contribution in [0.2, 0.25) is 0 Å². The lowest BCUT2D eigenvalue weighted by Gasteiger charge is -2.11. The molecule has 15 heavy (non-hydrogen) atoms. The zero-order valence-corrected chi connectivity index (χ0v) is 10.4. The Kier molecular flexibility index (Phi) is 10.1. The average molecular weight is 234 g/mol. The molecule has 0 aliphatic carbocycles. The van der Waals surface area contributed by atoms with Gasteiger partial charge in [-0.2, -0.15) is 11.8 Å². The lowest BCUT2D eigenvalue weighted by molar-refractivity contribution is -0.122. The van der Waals surface area contributed by atoms with E-state index in [0.717, 1.165) is 25.2 Å². The van der Waals surface area contributed by atoms with Crippen LogP contribution in [0.3, 0.4) is 0 Å². The molecule has 90 valence electrons. The van der Waals surface area contributed by atoms with E-state index in [9.17, 15) is 4.79 Å². The van der Waals surface area contributed by atoms with Crippen molar-refractivity contribution in [1.29, 1.82) is 0 Å². The van der Waals surface area contributed by atoms with Gasteiger partial charge in [0.1, 0.15) is 0 Å². The Morgan fingerprint density at radius 3 is 2.93 bits per heavy atom. The second-order valence-corrected chi connectivity index (χ2v) is 4.22. The molecule has 1 atom stereocenters. The topological polar surface area (TPSA) is 64.3 Å². The van der Waals surface area contributed by atoms with Gasteiger partial charge in [0.2, 0.25) is 5.91 Å². The van der Waals surface area contributed by atoms with Crippen molar-refractivity contribution in [3.05, 3.63) is 0 Å². The van der Waals surface area contributed by atoms with Crippen molar-refractivity contribution >= 4 is 17.7 Å². The van der Waals surface area contributed by atoms with E-state index in [4.69, 9.17) is 10.5 Å². The third kappa shape index (κ3) is 8.72. The summed E-state index contributed by atoms with van der Waals surface area (Å²) < 4.78 is 5.15. The van der Waals surface area contributed by atoms with Gasteiger partial charge in [0.05, 0.1) is 6.04 Å². The molecule has 0 fully saturated rings. The summed E-state index contributed by atoms with van der Waals surface area (Å²) in [5.74, 6) is 0.869. The van der Waals surface area contributed by atoms with Crippen molar-refractivity contribution < 1.29 is 9.53 Å². The van der Waals surface area contributed by atoms with Crippen LogP contribution in [0.4, 0.5) is 0 Å². The molecule has 5 heteroatoms. The molecule has 0 radical (unpaired) electrons. The fourth-order valence-corrected chi connectivity index (χ4v) is 1.53. The predicted octanol–water partition coefficient (Wildman–Crippen LogP) is 0.610. The second kappa shape index (κ2) is 10.3. The van der Waals surface area contributed by atoms with E-state index in [1.165, 1.54) is 0 Å². The van der Waals surface area contributed by atoms with Gasteiger partial charge >= 0.3 is 0 Å². The van der Waals surface area contributed by atoms with Crippen molar-refractivity contribution in [2.75, 3.05) is 31.8 Å². The summed E-state index contributed by atoms with van der Waals surface area (Å²) in [5.41, 5.74) is 5.69. The number of thioether (sulfide) groups is 1. The summed E-state index contributed by atoms with van der Waals surface area (Å²) in [4.78, 5) is 11.4. The lowest BCUT2D eigenvalue weighted by atomic mass is 10.2. The van der Waals surface area contributed by atoms with Gasteiger partial charge in [-0.05, 0) is 31.8 Å². The SMILES string of the molecule is CCOCCCNC(=O)C(N)CCSC. The second-order valence-electron chi connectivity index (χ2n) is 3.23. The Morgan fingerprint density at radius 1 is 1.60 bits per heavy atom. The van der Waals surface area contributed by atoms with Crippen LogP contribution < -0.4 is 11.1 Å².